The van der Waals surface area contributed by atoms with Crippen LogP contribution in [0.15, 0.2) is 24.3 Å². The van der Waals surface area contributed by atoms with E-state index < -0.39 is 0 Å². The molecule has 3 rings (SSSR count). The molecular formula is C18H28N2O. The van der Waals surface area contributed by atoms with Gasteiger partial charge in [0.2, 0.25) is 0 Å². The third-order valence-electron chi connectivity index (χ3n) is 4.92. The van der Waals surface area contributed by atoms with Crippen molar-refractivity contribution < 1.29 is 4.74 Å². The van der Waals surface area contributed by atoms with Crippen LogP contribution < -0.4 is 0 Å². The molecule has 2 atom stereocenters. The summed E-state index contributed by atoms with van der Waals surface area (Å²) in [6.45, 7) is 12.0. The molecule has 2 saturated heterocycles. The summed E-state index contributed by atoms with van der Waals surface area (Å²) in [6, 6.07) is 10.3. The summed E-state index contributed by atoms with van der Waals surface area (Å²) in [6.07, 6.45) is 1.52. The largest absolute Gasteiger partial charge is 0.374 e. The smallest absolute Gasteiger partial charge is 0.0870 e. The van der Waals surface area contributed by atoms with Gasteiger partial charge in [0.25, 0.3) is 0 Å². The highest BCUT2D eigenvalue weighted by Gasteiger charge is 2.40. The molecule has 1 aromatic carbocycles. The first-order valence-electron chi connectivity index (χ1n) is 8.35. The van der Waals surface area contributed by atoms with Gasteiger partial charge in [0.05, 0.1) is 18.8 Å². The molecule has 0 aliphatic carbocycles. The van der Waals surface area contributed by atoms with Crippen molar-refractivity contribution in [3.05, 3.63) is 35.4 Å². The van der Waals surface area contributed by atoms with E-state index in [-0.39, 0.29) is 0 Å². The topological polar surface area (TPSA) is 15.7 Å². The van der Waals surface area contributed by atoms with Crippen LogP contribution in [0.4, 0.5) is 0 Å². The molecule has 0 unspecified atom stereocenters. The molecular weight excluding hydrogens is 260 g/mol. The maximum atomic E-state index is 6.00. The molecule has 0 amide bonds. The molecule has 0 spiro atoms. The number of likely N-dealkylation sites (tertiary alicyclic amines) is 1. The normalized spacial score (nSPS) is 27.2. The third-order valence-corrected chi connectivity index (χ3v) is 4.92. The minimum absolute atomic E-state index is 0.399. The zero-order valence-electron chi connectivity index (χ0n) is 13.6. The van der Waals surface area contributed by atoms with E-state index in [1.165, 1.54) is 11.1 Å². The maximum Gasteiger partial charge on any atom is 0.0870 e. The summed E-state index contributed by atoms with van der Waals surface area (Å²) in [5.41, 5.74) is 2.84. The number of ether oxygens (including phenoxy) is 1. The first-order chi connectivity index (χ1) is 10.2. The second-order valence-corrected chi connectivity index (χ2v) is 6.67. The Hall–Kier alpha value is -0.900. The van der Waals surface area contributed by atoms with Crippen LogP contribution in [0.3, 0.4) is 0 Å². The first-order valence-corrected chi connectivity index (χ1v) is 8.35. The van der Waals surface area contributed by atoms with Gasteiger partial charge in [-0.3, -0.25) is 9.80 Å². The van der Waals surface area contributed by atoms with Gasteiger partial charge in [0, 0.05) is 32.2 Å². The summed E-state index contributed by atoms with van der Waals surface area (Å²) in [4.78, 5) is 5.17. The zero-order chi connectivity index (χ0) is 14.8. The second kappa shape index (κ2) is 6.47. The van der Waals surface area contributed by atoms with Crippen molar-refractivity contribution in [1.82, 2.24) is 9.80 Å². The number of fused-ring (bicyclic) bond motifs is 1. The number of rotatable bonds is 4. The van der Waals surface area contributed by atoms with Gasteiger partial charge >= 0.3 is 0 Å². The lowest BCUT2D eigenvalue weighted by atomic mass is 10.1. The van der Waals surface area contributed by atoms with Crippen molar-refractivity contribution in [2.75, 3.05) is 26.2 Å². The van der Waals surface area contributed by atoms with Crippen LogP contribution in [-0.2, 0) is 17.7 Å². The molecule has 116 valence electrons. The molecule has 2 heterocycles. The van der Waals surface area contributed by atoms with Gasteiger partial charge < -0.3 is 4.74 Å². The fourth-order valence-corrected chi connectivity index (χ4v) is 3.70. The Morgan fingerprint density at radius 1 is 1.14 bits per heavy atom. The van der Waals surface area contributed by atoms with E-state index in [2.05, 4.69) is 54.8 Å². The highest BCUT2D eigenvalue weighted by Crippen LogP contribution is 2.25. The summed E-state index contributed by atoms with van der Waals surface area (Å²) in [5, 5.41) is 0. The average Bonchev–Trinajstić information content (AvgIpc) is 2.89. The minimum Gasteiger partial charge on any atom is -0.374 e. The Bertz CT molecular complexity index is 457. The second-order valence-electron chi connectivity index (χ2n) is 6.67. The SMILES string of the molecule is CCc1ccc(CN2C[C@@H]3OCCN(C(C)C)[C@@H]3C2)cc1. The fourth-order valence-electron chi connectivity index (χ4n) is 3.70. The lowest BCUT2D eigenvalue weighted by Gasteiger charge is -2.39. The molecule has 3 nitrogen and oxygen atoms in total. The van der Waals surface area contributed by atoms with Gasteiger partial charge in [-0.2, -0.15) is 0 Å². The maximum absolute atomic E-state index is 6.00. The number of benzene rings is 1. The number of aryl methyl sites for hydroxylation is 1. The van der Waals surface area contributed by atoms with Crippen molar-refractivity contribution in [1.29, 1.82) is 0 Å². The molecule has 0 N–H and O–H groups in total. The Kier molecular flexibility index (Phi) is 4.63. The highest BCUT2D eigenvalue weighted by molar-refractivity contribution is 5.22. The van der Waals surface area contributed by atoms with Crippen molar-refractivity contribution in [3.8, 4) is 0 Å². The predicted molar refractivity (Wildman–Crippen MR) is 86.5 cm³/mol. The summed E-state index contributed by atoms with van der Waals surface area (Å²) >= 11 is 0. The van der Waals surface area contributed by atoms with E-state index in [1.54, 1.807) is 0 Å². The van der Waals surface area contributed by atoms with Gasteiger partial charge in [0.15, 0.2) is 0 Å². The molecule has 0 aromatic heterocycles. The van der Waals surface area contributed by atoms with Crippen LogP contribution in [0.2, 0.25) is 0 Å². The predicted octanol–water partition coefficient (Wildman–Crippen LogP) is 2.54. The van der Waals surface area contributed by atoms with Crippen LogP contribution in [0.5, 0.6) is 0 Å². The van der Waals surface area contributed by atoms with Crippen LogP contribution in [-0.4, -0.2) is 54.2 Å². The van der Waals surface area contributed by atoms with E-state index in [1.807, 2.05) is 0 Å². The first kappa shape index (κ1) is 15.0. The number of hydrogen-bond acceptors (Lipinski definition) is 3. The van der Waals surface area contributed by atoms with Gasteiger partial charge in [-0.05, 0) is 31.4 Å². The van der Waals surface area contributed by atoms with E-state index in [4.69, 9.17) is 4.74 Å². The molecule has 21 heavy (non-hydrogen) atoms. The van der Waals surface area contributed by atoms with Gasteiger partial charge in [0.1, 0.15) is 0 Å². The number of nitrogens with zero attached hydrogens (tertiary/aromatic N) is 2. The van der Waals surface area contributed by atoms with E-state index in [0.29, 0.717) is 18.2 Å². The fraction of sp³-hybridized carbons (Fsp3) is 0.667. The van der Waals surface area contributed by atoms with E-state index >= 15 is 0 Å². The number of hydrogen-bond donors (Lipinski definition) is 0. The van der Waals surface area contributed by atoms with E-state index in [9.17, 15) is 0 Å². The van der Waals surface area contributed by atoms with Crippen molar-refractivity contribution in [2.45, 2.75) is 51.9 Å². The molecule has 0 saturated carbocycles. The quantitative estimate of drug-likeness (QED) is 0.847. The highest BCUT2D eigenvalue weighted by atomic mass is 16.5. The van der Waals surface area contributed by atoms with Crippen LogP contribution in [0, 0.1) is 0 Å². The average molecular weight is 288 g/mol. The molecule has 2 fully saturated rings. The number of morpholine rings is 1. The van der Waals surface area contributed by atoms with Gasteiger partial charge in [-0.15, -0.1) is 0 Å². The standard InChI is InChI=1S/C18H28N2O/c1-4-15-5-7-16(8-6-15)11-19-12-17-18(13-19)21-10-9-20(17)14(2)3/h5-8,14,17-18H,4,9-13H2,1-3H3/t17-,18+/m1/s1. The molecule has 0 bridgehead atoms. The van der Waals surface area contributed by atoms with Crippen LogP contribution >= 0.6 is 0 Å². The van der Waals surface area contributed by atoms with Crippen molar-refractivity contribution in [2.24, 2.45) is 0 Å². The Balaban J connectivity index is 1.63. The van der Waals surface area contributed by atoms with Crippen LogP contribution in [0.1, 0.15) is 31.9 Å². The van der Waals surface area contributed by atoms with Crippen molar-refractivity contribution >= 4 is 0 Å². The lowest BCUT2D eigenvalue weighted by molar-refractivity contribution is -0.0583. The van der Waals surface area contributed by atoms with Gasteiger partial charge in [-0.1, -0.05) is 31.2 Å². The third kappa shape index (κ3) is 3.31. The Labute approximate surface area is 128 Å². The lowest BCUT2D eigenvalue weighted by Crippen LogP contribution is -2.53. The summed E-state index contributed by atoms with van der Waals surface area (Å²) in [7, 11) is 0. The molecule has 3 heteroatoms. The van der Waals surface area contributed by atoms with Crippen molar-refractivity contribution in [3.63, 3.8) is 0 Å². The summed E-state index contributed by atoms with van der Waals surface area (Å²) in [5.74, 6) is 0. The Morgan fingerprint density at radius 2 is 1.86 bits per heavy atom. The molecule has 2 aliphatic heterocycles. The molecule has 2 aliphatic rings. The summed E-state index contributed by atoms with van der Waals surface area (Å²) < 4.78 is 6.00. The molecule has 1 aromatic rings. The van der Waals surface area contributed by atoms with E-state index in [0.717, 1.165) is 39.2 Å². The van der Waals surface area contributed by atoms with Gasteiger partial charge in [-0.25, -0.2) is 0 Å². The minimum atomic E-state index is 0.399. The van der Waals surface area contributed by atoms with Crippen LogP contribution in [0.25, 0.3) is 0 Å². The monoisotopic (exact) mass is 288 g/mol. The Morgan fingerprint density at radius 3 is 2.52 bits per heavy atom. The molecule has 0 radical (unpaired) electrons. The zero-order valence-corrected chi connectivity index (χ0v) is 13.6.